The monoisotopic (exact) mass is 240 g/mol. The summed E-state index contributed by atoms with van der Waals surface area (Å²) >= 11 is 0. The molecule has 5 nitrogen and oxygen atoms in total. The molecule has 0 aliphatic carbocycles. The average Bonchev–Trinajstić information content (AvgIpc) is 2.83. The summed E-state index contributed by atoms with van der Waals surface area (Å²) in [6.07, 6.45) is 0.953. The second kappa shape index (κ2) is 6.39. The van der Waals surface area contributed by atoms with E-state index >= 15 is 0 Å². The zero-order valence-electron chi connectivity index (χ0n) is 10.6. The molecule has 1 N–H and O–H groups in total. The van der Waals surface area contributed by atoms with E-state index in [1.54, 1.807) is 6.07 Å². The summed E-state index contributed by atoms with van der Waals surface area (Å²) in [5, 5.41) is 12.8. The molecule has 96 valence electrons. The Hall–Kier alpha value is -1.36. The highest BCUT2D eigenvalue weighted by Crippen LogP contribution is 2.18. The number of amides is 1. The van der Waals surface area contributed by atoms with Crippen molar-refractivity contribution < 1.29 is 14.4 Å². The summed E-state index contributed by atoms with van der Waals surface area (Å²) in [5.41, 5.74) is 0.802. The van der Waals surface area contributed by atoms with Crippen molar-refractivity contribution in [1.82, 2.24) is 10.1 Å². The van der Waals surface area contributed by atoms with Gasteiger partial charge in [0.25, 0.3) is 5.91 Å². The zero-order chi connectivity index (χ0) is 12.8. The number of aliphatic hydroxyl groups excluding tert-OH is 1. The summed E-state index contributed by atoms with van der Waals surface area (Å²) < 4.78 is 5.06. The molecule has 1 atom stereocenters. The van der Waals surface area contributed by atoms with Crippen LogP contribution in [0.15, 0.2) is 10.6 Å². The summed E-state index contributed by atoms with van der Waals surface area (Å²) in [5.74, 6) is 0.312. The van der Waals surface area contributed by atoms with E-state index in [0.29, 0.717) is 13.1 Å². The van der Waals surface area contributed by atoms with Crippen molar-refractivity contribution in [2.45, 2.75) is 33.1 Å². The van der Waals surface area contributed by atoms with Crippen LogP contribution >= 0.6 is 0 Å². The SMILES string of the molecule is CCC(C)c1cc(C(=O)N(CC)CCO)on1. The number of hydrogen-bond acceptors (Lipinski definition) is 4. The molecular weight excluding hydrogens is 220 g/mol. The van der Waals surface area contributed by atoms with Gasteiger partial charge in [-0.3, -0.25) is 4.79 Å². The van der Waals surface area contributed by atoms with Crippen LogP contribution in [0.1, 0.15) is 49.4 Å². The zero-order valence-corrected chi connectivity index (χ0v) is 10.6. The van der Waals surface area contributed by atoms with Crippen LogP contribution in [-0.2, 0) is 0 Å². The Morgan fingerprint density at radius 1 is 1.59 bits per heavy atom. The van der Waals surface area contributed by atoms with E-state index in [2.05, 4.69) is 12.1 Å². The molecule has 1 rings (SSSR count). The van der Waals surface area contributed by atoms with Crippen LogP contribution in [0.2, 0.25) is 0 Å². The van der Waals surface area contributed by atoms with Gasteiger partial charge in [-0.2, -0.15) is 0 Å². The molecule has 1 aromatic heterocycles. The van der Waals surface area contributed by atoms with Crippen LogP contribution in [0, 0.1) is 0 Å². The number of carbonyl (C=O) groups is 1. The van der Waals surface area contributed by atoms with E-state index in [0.717, 1.165) is 12.1 Å². The van der Waals surface area contributed by atoms with E-state index < -0.39 is 0 Å². The van der Waals surface area contributed by atoms with Crippen LogP contribution in [0.5, 0.6) is 0 Å². The van der Waals surface area contributed by atoms with Crippen LogP contribution in [0.3, 0.4) is 0 Å². The molecule has 0 fully saturated rings. The molecule has 1 heterocycles. The van der Waals surface area contributed by atoms with Gasteiger partial charge < -0.3 is 14.5 Å². The highest BCUT2D eigenvalue weighted by molar-refractivity contribution is 5.91. The number of aromatic nitrogens is 1. The van der Waals surface area contributed by atoms with Gasteiger partial charge in [0.05, 0.1) is 12.3 Å². The van der Waals surface area contributed by atoms with Crippen molar-refractivity contribution in [1.29, 1.82) is 0 Å². The maximum absolute atomic E-state index is 12.0. The second-order valence-corrected chi connectivity index (χ2v) is 4.03. The Balaban J connectivity index is 2.78. The lowest BCUT2D eigenvalue weighted by molar-refractivity contribution is 0.0690. The van der Waals surface area contributed by atoms with Gasteiger partial charge in [-0.05, 0) is 13.3 Å². The Morgan fingerprint density at radius 3 is 2.82 bits per heavy atom. The first kappa shape index (κ1) is 13.7. The molecule has 1 unspecified atom stereocenters. The van der Waals surface area contributed by atoms with Crippen molar-refractivity contribution in [3.8, 4) is 0 Å². The van der Waals surface area contributed by atoms with Gasteiger partial charge in [-0.25, -0.2) is 0 Å². The fraction of sp³-hybridized carbons (Fsp3) is 0.667. The summed E-state index contributed by atoms with van der Waals surface area (Å²) in [4.78, 5) is 13.5. The van der Waals surface area contributed by atoms with Crippen molar-refractivity contribution in [3.63, 3.8) is 0 Å². The lowest BCUT2D eigenvalue weighted by atomic mass is 10.1. The predicted molar refractivity (Wildman–Crippen MR) is 63.9 cm³/mol. The van der Waals surface area contributed by atoms with E-state index in [1.807, 2.05) is 13.8 Å². The lowest BCUT2D eigenvalue weighted by Crippen LogP contribution is -2.33. The quantitative estimate of drug-likeness (QED) is 0.821. The number of carbonyl (C=O) groups excluding carboxylic acids is 1. The highest BCUT2D eigenvalue weighted by Gasteiger charge is 2.20. The normalized spacial score (nSPS) is 12.5. The number of aliphatic hydroxyl groups is 1. The number of hydrogen-bond donors (Lipinski definition) is 1. The summed E-state index contributed by atoms with van der Waals surface area (Å²) in [7, 11) is 0. The third-order valence-corrected chi connectivity index (χ3v) is 2.90. The minimum Gasteiger partial charge on any atom is -0.395 e. The maximum Gasteiger partial charge on any atom is 0.292 e. The molecule has 0 bridgehead atoms. The summed E-state index contributed by atoms with van der Waals surface area (Å²) in [6, 6.07) is 1.69. The van der Waals surface area contributed by atoms with E-state index in [-0.39, 0.29) is 24.2 Å². The average molecular weight is 240 g/mol. The van der Waals surface area contributed by atoms with Gasteiger partial charge in [-0.1, -0.05) is 19.0 Å². The second-order valence-electron chi connectivity index (χ2n) is 4.03. The summed E-state index contributed by atoms with van der Waals surface area (Å²) in [6.45, 7) is 6.77. The first-order chi connectivity index (χ1) is 8.13. The van der Waals surface area contributed by atoms with Crippen LogP contribution in [0.4, 0.5) is 0 Å². The first-order valence-electron chi connectivity index (χ1n) is 6.00. The molecular formula is C12H20N2O3. The molecule has 17 heavy (non-hydrogen) atoms. The highest BCUT2D eigenvalue weighted by atomic mass is 16.5. The fourth-order valence-electron chi connectivity index (χ4n) is 1.51. The molecule has 0 aliphatic heterocycles. The molecule has 0 saturated heterocycles. The molecule has 1 aromatic rings. The third-order valence-electron chi connectivity index (χ3n) is 2.90. The number of rotatable bonds is 6. The lowest BCUT2D eigenvalue weighted by Gasteiger charge is -2.17. The van der Waals surface area contributed by atoms with Crippen LogP contribution < -0.4 is 0 Å². The Labute approximate surface area is 101 Å². The Morgan fingerprint density at radius 2 is 2.29 bits per heavy atom. The molecule has 5 heteroatoms. The van der Waals surface area contributed by atoms with Crippen molar-refractivity contribution >= 4 is 5.91 Å². The topological polar surface area (TPSA) is 66.6 Å². The number of nitrogens with zero attached hydrogens (tertiary/aromatic N) is 2. The third kappa shape index (κ3) is 3.30. The predicted octanol–water partition coefficient (Wildman–Crippen LogP) is 1.64. The fourth-order valence-corrected chi connectivity index (χ4v) is 1.51. The van der Waals surface area contributed by atoms with E-state index in [4.69, 9.17) is 9.63 Å². The van der Waals surface area contributed by atoms with Gasteiger partial charge in [0.1, 0.15) is 0 Å². The molecule has 0 spiro atoms. The minimum absolute atomic E-state index is 0.0497. The van der Waals surface area contributed by atoms with Crippen molar-refractivity contribution in [3.05, 3.63) is 17.5 Å². The Kier molecular flexibility index (Phi) is 5.15. The van der Waals surface area contributed by atoms with E-state index in [1.165, 1.54) is 4.90 Å². The standard InChI is InChI=1S/C12H20N2O3/c1-4-9(3)10-8-11(17-13-10)12(16)14(5-2)6-7-15/h8-9,15H,4-7H2,1-3H3. The largest absolute Gasteiger partial charge is 0.395 e. The molecule has 1 amide bonds. The maximum atomic E-state index is 12.0. The molecule has 0 saturated carbocycles. The van der Waals surface area contributed by atoms with Gasteiger partial charge in [0.2, 0.25) is 5.76 Å². The Bertz CT molecular complexity index is 362. The smallest absolute Gasteiger partial charge is 0.292 e. The van der Waals surface area contributed by atoms with E-state index in [9.17, 15) is 4.79 Å². The van der Waals surface area contributed by atoms with Gasteiger partial charge >= 0.3 is 0 Å². The van der Waals surface area contributed by atoms with Crippen molar-refractivity contribution in [2.75, 3.05) is 19.7 Å². The molecule has 0 aromatic carbocycles. The first-order valence-corrected chi connectivity index (χ1v) is 6.00. The number of likely N-dealkylation sites (N-methyl/N-ethyl adjacent to an activating group) is 1. The van der Waals surface area contributed by atoms with Crippen LogP contribution in [-0.4, -0.2) is 40.8 Å². The molecule has 0 aliphatic rings. The van der Waals surface area contributed by atoms with Gasteiger partial charge in [-0.15, -0.1) is 0 Å². The van der Waals surface area contributed by atoms with Gasteiger partial charge in [0, 0.05) is 25.1 Å². The molecule has 0 radical (unpaired) electrons. The minimum atomic E-state index is -0.219. The van der Waals surface area contributed by atoms with Crippen LogP contribution in [0.25, 0.3) is 0 Å². The van der Waals surface area contributed by atoms with Gasteiger partial charge in [0.15, 0.2) is 0 Å². The van der Waals surface area contributed by atoms with Crippen molar-refractivity contribution in [2.24, 2.45) is 0 Å².